The number of nitrogens with one attached hydrogen (secondary N) is 2. The van der Waals surface area contributed by atoms with Crippen molar-refractivity contribution in [1.82, 2.24) is 4.98 Å². The first kappa shape index (κ1) is 16.7. The number of rotatable bonds is 7. The van der Waals surface area contributed by atoms with Crippen LogP contribution in [0.1, 0.15) is 23.6 Å². The van der Waals surface area contributed by atoms with Crippen molar-refractivity contribution in [3.8, 4) is 5.75 Å². The first-order valence-electron chi connectivity index (χ1n) is 8.33. The molecule has 0 saturated heterocycles. The van der Waals surface area contributed by atoms with Gasteiger partial charge in [-0.15, -0.1) is 0 Å². The highest BCUT2D eigenvalue weighted by atomic mass is 16.5. The van der Waals surface area contributed by atoms with Crippen molar-refractivity contribution in [3.05, 3.63) is 89.6 Å². The molecule has 2 N–H and O–H groups in total. The predicted octanol–water partition coefficient (Wildman–Crippen LogP) is 4.51. The quantitative estimate of drug-likeness (QED) is 0.626. The summed E-state index contributed by atoms with van der Waals surface area (Å²) in [6.45, 7) is 3.28. The molecule has 3 rings (SSSR count). The average Bonchev–Trinajstić information content (AvgIpc) is 2.68. The number of pyridine rings is 1. The van der Waals surface area contributed by atoms with Crippen LogP contribution in [0, 0.1) is 5.41 Å². The Bertz CT molecular complexity index is 847. The lowest BCUT2D eigenvalue weighted by molar-refractivity contribution is 0.306. The van der Waals surface area contributed by atoms with E-state index in [0.717, 1.165) is 34.8 Å². The first-order valence-corrected chi connectivity index (χ1v) is 8.33. The maximum absolute atomic E-state index is 8.55. The van der Waals surface area contributed by atoms with Crippen LogP contribution in [0.25, 0.3) is 0 Å². The van der Waals surface area contributed by atoms with Crippen molar-refractivity contribution >= 4 is 11.5 Å². The molecule has 0 atom stereocenters. The normalized spacial score (nSPS) is 10.3. The topological polar surface area (TPSA) is 58.0 Å². The minimum Gasteiger partial charge on any atom is -0.489 e. The lowest BCUT2D eigenvalue weighted by Gasteiger charge is -2.12. The van der Waals surface area contributed by atoms with Crippen LogP contribution in [0.3, 0.4) is 0 Å². The van der Waals surface area contributed by atoms with Gasteiger partial charge in [-0.05, 0) is 36.8 Å². The highest BCUT2D eigenvalue weighted by Crippen LogP contribution is 2.21. The zero-order valence-electron chi connectivity index (χ0n) is 14.2. The molecule has 126 valence electrons. The maximum Gasteiger partial charge on any atom is 0.135 e. The fourth-order valence-corrected chi connectivity index (χ4v) is 2.55. The molecule has 0 radical (unpaired) electrons. The molecule has 0 amide bonds. The molecule has 1 heterocycles. The van der Waals surface area contributed by atoms with Crippen molar-refractivity contribution in [2.75, 3.05) is 11.9 Å². The summed E-state index contributed by atoms with van der Waals surface area (Å²) in [4.78, 5) is 4.33. The van der Waals surface area contributed by atoms with E-state index in [1.165, 1.54) is 0 Å². The number of hydrogen-bond donors (Lipinski definition) is 2. The van der Waals surface area contributed by atoms with Crippen LogP contribution in [-0.2, 0) is 6.61 Å². The van der Waals surface area contributed by atoms with E-state index in [4.69, 9.17) is 10.1 Å². The summed E-state index contributed by atoms with van der Waals surface area (Å²) in [6.07, 6.45) is 1.73. The molecule has 0 saturated carbocycles. The third kappa shape index (κ3) is 4.23. The summed E-state index contributed by atoms with van der Waals surface area (Å²) < 4.78 is 5.87. The van der Waals surface area contributed by atoms with Crippen LogP contribution in [0.5, 0.6) is 5.75 Å². The van der Waals surface area contributed by atoms with Crippen LogP contribution in [0.2, 0.25) is 0 Å². The standard InChI is InChI=1S/C21H21N3O/c1-2-23-21-19(12-7-13-24-21)20(22)17-10-6-11-18(14-17)25-15-16-8-4-3-5-9-16/h3-14,22H,2,15H2,1H3,(H,23,24). The first-order chi connectivity index (χ1) is 12.3. The monoisotopic (exact) mass is 331 g/mol. The molecule has 0 bridgehead atoms. The van der Waals surface area contributed by atoms with Gasteiger partial charge in [-0.25, -0.2) is 4.98 Å². The molecule has 3 aromatic rings. The zero-order valence-corrected chi connectivity index (χ0v) is 14.2. The molecule has 4 heteroatoms. The second kappa shape index (κ2) is 8.11. The minimum absolute atomic E-state index is 0.425. The van der Waals surface area contributed by atoms with Gasteiger partial charge in [-0.1, -0.05) is 42.5 Å². The fourth-order valence-electron chi connectivity index (χ4n) is 2.55. The maximum atomic E-state index is 8.55. The van der Waals surface area contributed by atoms with Gasteiger partial charge in [-0.3, -0.25) is 5.41 Å². The Labute approximate surface area is 148 Å². The summed E-state index contributed by atoms with van der Waals surface area (Å²) in [5.74, 6) is 1.48. The van der Waals surface area contributed by atoms with Crippen molar-refractivity contribution in [2.24, 2.45) is 0 Å². The van der Waals surface area contributed by atoms with Crippen LogP contribution in [0.15, 0.2) is 72.9 Å². The van der Waals surface area contributed by atoms with E-state index in [1.54, 1.807) is 6.20 Å². The molecule has 0 spiro atoms. The molecule has 2 aromatic carbocycles. The van der Waals surface area contributed by atoms with Gasteiger partial charge < -0.3 is 10.1 Å². The van der Waals surface area contributed by atoms with Gasteiger partial charge >= 0.3 is 0 Å². The summed E-state index contributed by atoms with van der Waals surface area (Å²) in [6, 6.07) is 21.4. The van der Waals surface area contributed by atoms with Gasteiger partial charge in [0.05, 0.1) is 5.71 Å². The number of ether oxygens (including phenoxy) is 1. The lowest BCUT2D eigenvalue weighted by atomic mass is 10.0. The Morgan fingerprint density at radius 1 is 1.04 bits per heavy atom. The van der Waals surface area contributed by atoms with E-state index in [-0.39, 0.29) is 0 Å². The van der Waals surface area contributed by atoms with Gasteiger partial charge in [0.2, 0.25) is 0 Å². The summed E-state index contributed by atoms with van der Waals surface area (Å²) in [7, 11) is 0. The predicted molar refractivity (Wildman–Crippen MR) is 102 cm³/mol. The van der Waals surface area contributed by atoms with Crippen molar-refractivity contribution in [3.63, 3.8) is 0 Å². The molecule has 0 unspecified atom stereocenters. The summed E-state index contributed by atoms with van der Waals surface area (Å²) in [5, 5.41) is 11.8. The third-order valence-electron chi connectivity index (χ3n) is 3.79. The molecule has 0 aliphatic carbocycles. The number of anilines is 1. The van der Waals surface area contributed by atoms with E-state index in [9.17, 15) is 0 Å². The van der Waals surface area contributed by atoms with Crippen molar-refractivity contribution < 1.29 is 4.74 Å². The zero-order chi connectivity index (χ0) is 17.5. The largest absolute Gasteiger partial charge is 0.489 e. The highest BCUT2D eigenvalue weighted by molar-refractivity contribution is 6.13. The van der Waals surface area contributed by atoms with Gasteiger partial charge in [-0.2, -0.15) is 0 Å². The number of benzene rings is 2. The molecular formula is C21H21N3O. The molecular weight excluding hydrogens is 310 g/mol. The van der Waals surface area contributed by atoms with Crippen LogP contribution in [-0.4, -0.2) is 17.2 Å². The van der Waals surface area contributed by atoms with Crippen LogP contribution >= 0.6 is 0 Å². The van der Waals surface area contributed by atoms with E-state index >= 15 is 0 Å². The average molecular weight is 331 g/mol. The number of nitrogens with zero attached hydrogens (tertiary/aromatic N) is 1. The Kier molecular flexibility index (Phi) is 5.42. The number of aromatic nitrogens is 1. The van der Waals surface area contributed by atoms with Crippen molar-refractivity contribution in [2.45, 2.75) is 13.5 Å². The second-order valence-electron chi connectivity index (χ2n) is 5.61. The Hall–Kier alpha value is -3.14. The van der Waals surface area contributed by atoms with Gasteiger partial charge in [0, 0.05) is 23.9 Å². The smallest absolute Gasteiger partial charge is 0.135 e. The highest BCUT2D eigenvalue weighted by Gasteiger charge is 2.11. The van der Waals surface area contributed by atoms with E-state index < -0.39 is 0 Å². The summed E-state index contributed by atoms with van der Waals surface area (Å²) in [5.41, 5.74) is 3.13. The fraction of sp³-hybridized carbons (Fsp3) is 0.143. The van der Waals surface area contributed by atoms with Crippen LogP contribution in [0.4, 0.5) is 5.82 Å². The minimum atomic E-state index is 0.425. The third-order valence-corrected chi connectivity index (χ3v) is 3.79. The molecule has 0 fully saturated rings. The molecule has 0 aliphatic heterocycles. The Balaban J connectivity index is 1.78. The van der Waals surface area contributed by atoms with Crippen LogP contribution < -0.4 is 10.1 Å². The molecule has 0 aliphatic rings. The Morgan fingerprint density at radius 3 is 2.68 bits per heavy atom. The molecule has 4 nitrogen and oxygen atoms in total. The number of hydrogen-bond acceptors (Lipinski definition) is 4. The van der Waals surface area contributed by atoms with E-state index in [2.05, 4.69) is 10.3 Å². The van der Waals surface area contributed by atoms with Crippen molar-refractivity contribution in [1.29, 1.82) is 5.41 Å². The summed E-state index contributed by atoms with van der Waals surface area (Å²) >= 11 is 0. The lowest BCUT2D eigenvalue weighted by Crippen LogP contribution is -2.09. The van der Waals surface area contributed by atoms with E-state index in [1.807, 2.05) is 73.7 Å². The SMILES string of the molecule is CCNc1ncccc1C(=N)c1cccc(OCc2ccccc2)c1. The van der Waals surface area contributed by atoms with Gasteiger partial charge in [0.25, 0.3) is 0 Å². The molecule has 1 aromatic heterocycles. The Morgan fingerprint density at radius 2 is 1.88 bits per heavy atom. The molecule has 25 heavy (non-hydrogen) atoms. The van der Waals surface area contributed by atoms with Gasteiger partial charge in [0.1, 0.15) is 18.2 Å². The van der Waals surface area contributed by atoms with E-state index in [0.29, 0.717) is 12.3 Å². The van der Waals surface area contributed by atoms with Gasteiger partial charge in [0.15, 0.2) is 0 Å². The second-order valence-corrected chi connectivity index (χ2v) is 5.61.